The van der Waals surface area contributed by atoms with Crippen LogP contribution in [0.15, 0.2) is 24.3 Å². The quantitative estimate of drug-likeness (QED) is 0.0704. The van der Waals surface area contributed by atoms with Crippen molar-refractivity contribution in [2.75, 3.05) is 20.2 Å². The van der Waals surface area contributed by atoms with E-state index in [4.69, 9.17) is 5.73 Å². The molecule has 11 nitrogen and oxygen atoms in total. The molecule has 0 heterocycles. The van der Waals surface area contributed by atoms with Crippen LogP contribution in [0, 0.1) is 5.92 Å². The van der Waals surface area contributed by atoms with Gasteiger partial charge in [0, 0.05) is 22.3 Å². The first kappa shape index (κ1) is 38.6. The van der Waals surface area contributed by atoms with Crippen molar-refractivity contribution in [3.63, 3.8) is 0 Å². The van der Waals surface area contributed by atoms with Gasteiger partial charge in [-0.05, 0) is 38.8 Å². The van der Waals surface area contributed by atoms with E-state index >= 15 is 0 Å². The summed E-state index contributed by atoms with van der Waals surface area (Å²) in [6, 6.07) is 5.29. The van der Waals surface area contributed by atoms with Crippen LogP contribution in [0.2, 0.25) is 0 Å². The van der Waals surface area contributed by atoms with Gasteiger partial charge in [0.15, 0.2) is 11.6 Å². The van der Waals surface area contributed by atoms with E-state index in [1.54, 1.807) is 13.8 Å². The Hall–Kier alpha value is -0.554. The van der Waals surface area contributed by atoms with E-state index < -0.39 is 42.9 Å². The average molecular weight is 588 g/mol. The molecule has 0 radical (unpaired) electrons. The van der Waals surface area contributed by atoms with Gasteiger partial charge in [-0.15, -0.1) is 0 Å². The molecule has 0 aliphatic carbocycles. The van der Waals surface area contributed by atoms with Gasteiger partial charge in [-0.1, -0.05) is 61.7 Å². The summed E-state index contributed by atoms with van der Waals surface area (Å²) in [5, 5.41) is 0.474. The molecule has 3 atom stereocenters. The van der Waals surface area contributed by atoms with E-state index in [0.29, 0.717) is 25.9 Å². The smallest absolute Gasteiger partial charge is 0.870 e. The van der Waals surface area contributed by atoms with Crippen LogP contribution in [-0.2, 0) is 38.2 Å². The van der Waals surface area contributed by atoms with Crippen molar-refractivity contribution in [1.29, 1.82) is 0 Å². The molecule has 1 rings (SSSR count). The van der Waals surface area contributed by atoms with Crippen LogP contribution in [0.1, 0.15) is 73.1 Å². The molecule has 3 unspecified atom stereocenters. The molecule has 1 amide bonds. The molecule has 206 valence electrons. The van der Waals surface area contributed by atoms with Gasteiger partial charge in [-0.2, -0.15) is 8.42 Å². The zero-order valence-corrected chi connectivity index (χ0v) is 26.6. The fourth-order valence-corrected chi connectivity index (χ4v) is 5.25. The number of primary amides is 1. The molecule has 4 N–H and O–H groups in total. The Morgan fingerprint density at radius 3 is 1.97 bits per heavy atom. The van der Waals surface area contributed by atoms with Crippen LogP contribution in [0.25, 0.3) is 0 Å². The van der Waals surface area contributed by atoms with Crippen molar-refractivity contribution >= 4 is 38.3 Å². The summed E-state index contributed by atoms with van der Waals surface area (Å²) in [7, 11) is -5.72. The monoisotopic (exact) mass is 587 g/mol. The van der Waals surface area contributed by atoms with Gasteiger partial charge >= 0.3 is 51.4 Å². The van der Waals surface area contributed by atoms with Crippen LogP contribution in [0.5, 0.6) is 0 Å². The summed E-state index contributed by atoms with van der Waals surface area (Å²) in [6.45, 7) is 4.43. The molecule has 14 heteroatoms. The Bertz CT molecular complexity index is 1040. The SMILES string of the molecule is CCCC(C(=O)c1ccc(C(=O)C(CCNCCCCC(C)C(N)=O)[S-](=O)=O)cc1)S(=O)(=O)OC.[K+].[OH-]. The maximum absolute atomic E-state index is 12.7. The maximum atomic E-state index is 12.7. The Labute approximate surface area is 263 Å². The van der Waals surface area contributed by atoms with Crippen LogP contribution < -0.4 is 62.4 Å². The minimum Gasteiger partial charge on any atom is -0.870 e. The second-order valence-corrected chi connectivity index (χ2v) is 11.3. The van der Waals surface area contributed by atoms with Gasteiger partial charge < -0.3 is 24.9 Å². The van der Waals surface area contributed by atoms with Crippen molar-refractivity contribution in [2.45, 2.75) is 62.9 Å². The number of amides is 1. The van der Waals surface area contributed by atoms with Crippen LogP contribution in [0.4, 0.5) is 0 Å². The normalized spacial score (nSPS) is 13.6. The number of carbonyl (C=O) groups is 3. The van der Waals surface area contributed by atoms with Gasteiger partial charge in [0.2, 0.25) is 5.91 Å². The van der Waals surface area contributed by atoms with E-state index in [1.165, 1.54) is 24.3 Å². The standard InChI is InChI=1S/C23H35N2O8S2.K.H2O/c1-4-7-20(35(31,32)33-3)22(27)18-11-9-17(10-12-18)21(26)19(34(29)30)13-15-25-14-6-5-8-16(2)23(24)28;;/h9-12,16,19-20,25H,4-8,13-15H2,1-3H3,(H2,24,28);;1H2/q-1;+1;/p-1. The van der Waals surface area contributed by atoms with Crippen molar-refractivity contribution in [3.05, 3.63) is 35.4 Å². The van der Waals surface area contributed by atoms with E-state index in [9.17, 15) is 31.2 Å². The van der Waals surface area contributed by atoms with E-state index in [1.807, 2.05) is 0 Å². The van der Waals surface area contributed by atoms with Crippen LogP contribution in [-0.4, -0.2) is 62.1 Å². The number of benzene rings is 1. The topological polar surface area (TPSA) is 197 Å². The third-order valence-corrected chi connectivity index (χ3v) is 8.24. The number of carbonyl (C=O) groups excluding carboxylic acids is 3. The van der Waals surface area contributed by atoms with Crippen LogP contribution in [0.3, 0.4) is 0 Å². The first-order valence-electron chi connectivity index (χ1n) is 11.5. The molecule has 0 saturated heterocycles. The molecule has 0 spiro atoms. The molecular formula is C23H36KN2O9S2-. The molecule has 0 aliphatic heterocycles. The van der Waals surface area contributed by atoms with Crippen molar-refractivity contribution in [2.24, 2.45) is 11.7 Å². The molecule has 1 aromatic rings. The Morgan fingerprint density at radius 1 is 0.973 bits per heavy atom. The van der Waals surface area contributed by atoms with E-state index in [2.05, 4.69) is 9.50 Å². The Morgan fingerprint density at radius 2 is 1.51 bits per heavy atom. The number of nitrogens with one attached hydrogen (secondary N) is 1. The number of hydrogen-bond acceptors (Lipinski definition) is 11. The van der Waals surface area contributed by atoms with Gasteiger partial charge in [0.1, 0.15) is 5.25 Å². The van der Waals surface area contributed by atoms with Crippen molar-refractivity contribution < 1.29 is 92.3 Å². The predicted molar refractivity (Wildman–Crippen MR) is 134 cm³/mol. The Kier molecular flexibility index (Phi) is 20.3. The third kappa shape index (κ3) is 12.9. The predicted octanol–water partition coefficient (Wildman–Crippen LogP) is -1.03. The molecule has 0 aliphatic rings. The zero-order valence-electron chi connectivity index (χ0n) is 21.8. The number of nitrogens with two attached hydrogens (primary N) is 1. The maximum Gasteiger partial charge on any atom is 1.00 e. The molecular weight excluding hydrogens is 551 g/mol. The molecule has 0 aromatic heterocycles. The van der Waals surface area contributed by atoms with Crippen molar-refractivity contribution in [3.8, 4) is 0 Å². The van der Waals surface area contributed by atoms with Crippen molar-refractivity contribution in [1.82, 2.24) is 5.32 Å². The summed E-state index contributed by atoms with van der Waals surface area (Å²) in [6.07, 6.45) is 2.86. The molecule has 37 heavy (non-hydrogen) atoms. The van der Waals surface area contributed by atoms with Gasteiger partial charge in [0.05, 0.1) is 7.11 Å². The molecule has 0 fully saturated rings. The Balaban J connectivity index is 0. The zero-order chi connectivity index (χ0) is 26.6. The first-order chi connectivity index (χ1) is 16.5. The minimum absolute atomic E-state index is 0. The first-order valence-corrected chi connectivity index (χ1v) is 14.1. The summed E-state index contributed by atoms with van der Waals surface area (Å²) in [4.78, 5) is 36.5. The molecule has 0 saturated carbocycles. The average Bonchev–Trinajstić information content (AvgIpc) is 2.82. The number of rotatable bonds is 18. The summed E-state index contributed by atoms with van der Waals surface area (Å²) in [5.41, 5.74) is 5.42. The van der Waals surface area contributed by atoms with Gasteiger partial charge in [-0.25, -0.2) is 0 Å². The second-order valence-electron chi connectivity index (χ2n) is 8.33. The largest absolute Gasteiger partial charge is 1.00 e. The molecule has 0 bridgehead atoms. The van der Waals surface area contributed by atoms with E-state index in [-0.39, 0.29) is 92.7 Å². The summed E-state index contributed by atoms with van der Waals surface area (Å²) >= 11 is 0. The number of ketones is 2. The van der Waals surface area contributed by atoms with Crippen LogP contribution >= 0.6 is 0 Å². The third-order valence-electron chi connectivity index (χ3n) is 5.71. The van der Waals surface area contributed by atoms with Gasteiger partial charge in [-0.3, -0.25) is 18.6 Å². The number of hydrogen-bond donors (Lipinski definition) is 2. The van der Waals surface area contributed by atoms with E-state index in [0.717, 1.165) is 20.0 Å². The fraction of sp³-hybridized carbons (Fsp3) is 0.609. The molecule has 1 aromatic carbocycles. The number of Topliss-reactive ketones (excluding diaryl/α,β-unsaturated/α-hetero) is 2. The second kappa shape index (κ2) is 19.5. The van der Waals surface area contributed by atoms with Gasteiger partial charge in [0.25, 0.3) is 10.1 Å². The minimum atomic E-state index is -4.07. The fourth-order valence-electron chi connectivity index (χ4n) is 3.47. The summed E-state index contributed by atoms with van der Waals surface area (Å²) < 4.78 is 52.0. The number of unbranched alkanes of at least 4 members (excludes halogenated alkanes) is 1. The summed E-state index contributed by atoms with van der Waals surface area (Å²) in [5.74, 6) is -1.78.